The van der Waals surface area contributed by atoms with Crippen LogP contribution in [0, 0.1) is 0 Å². The number of carbonyl (C=O) groups is 3. The molecule has 0 saturated heterocycles. The standard InChI is InChI=1S/C13H14Cl2N2O4/c1-2-21-12(19)6-5-11(18)16-17-13(20)9-7-8(14)3-4-10(9)15/h3-4,7H,2,5-6H2,1H3,(H,16,18)(H,17,20). The average molecular weight is 333 g/mol. The van der Waals surface area contributed by atoms with E-state index in [1.165, 1.54) is 12.1 Å². The molecule has 1 rings (SSSR count). The molecule has 0 aliphatic heterocycles. The van der Waals surface area contributed by atoms with E-state index in [1.54, 1.807) is 13.0 Å². The van der Waals surface area contributed by atoms with E-state index in [0.717, 1.165) is 0 Å². The van der Waals surface area contributed by atoms with Crippen LogP contribution in [0.2, 0.25) is 10.0 Å². The van der Waals surface area contributed by atoms with Crippen LogP contribution in [-0.2, 0) is 14.3 Å². The number of esters is 1. The molecule has 0 spiro atoms. The number of nitrogens with one attached hydrogen (secondary N) is 2. The van der Waals surface area contributed by atoms with Crippen molar-refractivity contribution in [3.05, 3.63) is 33.8 Å². The Hall–Kier alpha value is -1.79. The zero-order valence-corrected chi connectivity index (χ0v) is 12.8. The second-order valence-corrected chi connectivity index (χ2v) is 4.78. The molecule has 0 bridgehead atoms. The summed E-state index contributed by atoms with van der Waals surface area (Å²) in [6.07, 6.45) is -0.157. The van der Waals surface area contributed by atoms with Crippen molar-refractivity contribution < 1.29 is 19.1 Å². The number of hydrogen-bond acceptors (Lipinski definition) is 4. The number of ether oxygens (including phenoxy) is 1. The van der Waals surface area contributed by atoms with Crippen LogP contribution in [0.3, 0.4) is 0 Å². The molecule has 1 aromatic carbocycles. The van der Waals surface area contributed by atoms with Gasteiger partial charge in [0.05, 0.1) is 23.6 Å². The lowest BCUT2D eigenvalue weighted by Gasteiger charge is -2.08. The molecule has 0 unspecified atom stereocenters. The molecule has 0 radical (unpaired) electrons. The Kier molecular flexibility index (Phi) is 6.98. The zero-order chi connectivity index (χ0) is 15.8. The molecule has 0 heterocycles. The maximum atomic E-state index is 11.8. The first-order valence-corrected chi connectivity index (χ1v) is 6.89. The highest BCUT2D eigenvalue weighted by Gasteiger charge is 2.12. The SMILES string of the molecule is CCOC(=O)CCC(=O)NNC(=O)c1cc(Cl)ccc1Cl. The van der Waals surface area contributed by atoms with Gasteiger partial charge in [-0.2, -0.15) is 0 Å². The Morgan fingerprint density at radius 2 is 1.86 bits per heavy atom. The van der Waals surface area contributed by atoms with Crippen LogP contribution >= 0.6 is 23.2 Å². The number of amides is 2. The number of halogens is 2. The van der Waals surface area contributed by atoms with Crippen LogP contribution in [-0.4, -0.2) is 24.4 Å². The van der Waals surface area contributed by atoms with Crippen LogP contribution in [0.1, 0.15) is 30.1 Å². The minimum Gasteiger partial charge on any atom is -0.466 e. The summed E-state index contributed by atoms with van der Waals surface area (Å²) in [6, 6.07) is 4.39. The molecule has 0 aliphatic carbocycles. The summed E-state index contributed by atoms with van der Waals surface area (Å²) in [4.78, 5) is 34.3. The van der Waals surface area contributed by atoms with E-state index in [1.807, 2.05) is 0 Å². The van der Waals surface area contributed by atoms with Gasteiger partial charge in [-0.15, -0.1) is 0 Å². The van der Waals surface area contributed by atoms with Crippen molar-refractivity contribution in [2.45, 2.75) is 19.8 Å². The minimum atomic E-state index is -0.605. The van der Waals surface area contributed by atoms with Gasteiger partial charge in [-0.05, 0) is 25.1 Å². The van der Waals surface area contributed by atoms with Crippen LogP contribution in [0.25, 0.3) is 0 Å². The fourth-order valence-electron chi connectivity index (χ4n) is 1.38. The van der Waals surface area contributed by atoms with Gasteiger partial charge in [0.1, 0.15) is 0 Å². The molecule has 114 valence electrons. The molecule has 0 saturated carbocycles. The molecule has 8 heteroatoms. The molecule has 6 nitrogen and oxygen atoms in total. The van der Waals surface area contributed by atoms with Gasteiger partial charge in [0.15, 0.2) is 0 Å². The van der Waals surface area contributed by atoms with E-state index in [4.69, 9.17) is 23.2 Å². The van der Waals surface area contributed by atoms with E-state index >= 15 is 0 Å². The molecule has 0 aliphatic rings. The first-order valence-electron chi connectivity index (χ1n) is 6.14. The molecule has 2 amide bonds. The molecule has 21 heavy (non-hydrogen) atoms. The van der Waals surface area contributed by atoms with Crippen LogP contribution < -0.4 is 10.9 Å². The van der Waals surface area contributed by atoms with Gasteiger partial charge in [-0.1, -0.05) is 23.2 Å². The summed E-state index contributed by atoms with van der Waals surface area (Å²) < 4.78 is 4.68. The molecular weight excluding hydrogens is 319 g/mol. The molecule has 0 aromatic heterocycles. The third-order valence-electron chi connectivity index (χ3n) is 2.35. The van der Waals surface area contributed by atoms with Crippen LogP contribution in [0.15, 0.2) is 18.2 Å². The van der Waals surface area contributed by atoms with Gasteiger partial charge in [-0.25, -0.2) is 0 Å². The number of benzene rings is 1. The maximum absolute atomic E-state index is 11.8. The summed E-state index contributed by atoms with van der Waals surface area (Å²) in [6.45, 7) is 1.93. The lowest BCUT2D eigenvalue weighted by atomic mass is 10.2. The second-order valence-electron chi connectivity index (χ2n) is 3.93. The molecule has 0 atom stereocenters. The highest BCUT2D eigenvalue weighted by molar-refractivity contribution is 6.35. The molecule has 0 fully saturated rings. The van der Waals surface area contributed by atoms with Gasteiger partial charge >= 0.3 is 5.97 Å². The first-order chi connectivity index (χ1) is 9.93. The molecule has 1 aromatic rings. The van der Waals surface area contributed by atoms with Gasteiger partial charge in [-0.3, -0.25) is 25.2 Å². The van der Waals surface area contributed by atoms with Gasteiger partial charge in [0.2, 0.25) is 5.91 Å². The van der Waals surface area contributed by atoms with Crippen molar-refractivity contribution in [3.63, 3.8) is 0 Å². The predicted octanol–water partition coefficient (Wildman–Crippen LogP) is 2.10. The summed E-state index contributed by atoms with van der Waals surface area (Å²) in [7, 11) is 0. The number of hydrogen-bond donors (Lipinski definition) is 2. The van der Waals surface area contributed by atoms with E-state index in [9.17, 15) is 14.4 Å². The quantitative estimate of drug-likeness (QED) is 0.638. The van der Waals surface area contributed by atoms with Gasteiger partial charge < -0.3 is 4.74 Å². The fraction of sp³-hybridized carbons (Fsp3) is 0.308. The summed E-state index contributed by atoms with van der Waals surface area (Å²) in [5.74, 6) is -1.60. The topological polar surface area (TPSA) is 84.5 Å². The minimum absolute atomic E-state index is 0.0620. The smallest absolute Gasteiger partial charge is 0.306 e. The third-order valence-corrected chi connectivity index (χ3v) is 2.91. The Labute approximate surface area is 131 Å². The number of hydrazine groups is 1. The van der Waals surface area contributed by atoms with Crippen molar-refractivity contribution in [1.82, 2.24) is 10.9 Å². The highest BCUT2D eigenvalue weighted by atomic mass is 35.5. The molecule has 2 N–H and O–H groups in total. The summed E-state index contributed by atoms with van der Waals surface area (Å²) in [5.41, 5.74) is 4.50. The normalized spacial score (nSPS) is 9.86. The van der Waals surface area contributed by atoms with E-state index in [0.29, 0.717) is 5.02 Å². The largest absolute Gasteiger partial charge is 0.466 e. The Balaban J connectivity index is 2.44. The van der Waals surface area contributed by atoms with Crippen molar-refractivity contribution in [3.8, 4) is 0 Å². The monoisotopic (exact) mass is 332 g/mol. The predicted molar refractivity (Wildman–Crippen MR) is 77.9 cm³/mol. The first kappa shape index (κ1) is 17.3. The lowest BCUT2D eigenvalue weighted by Crippen LogP contribution is -2.41. The van der Waals surface area contributed by atoms with Crippen LogP contribution in [0.5, 0.6) is 0 Å². The third kappa shape index (κ3) is 6.01. The maximum Gasteiger partial charge on any atom is 0.306 e. The van der Waals surface area contributed by atoms with Crippen molar-refractivity contribution >= 4 is 41.0 Å². The summed E-state index contributed by atoms with van der Waals surface area (Å²) >= 11 is 11.6. The Morgan fingerprint density at radius 3 is 2.52 bits per heavy atom. The van der Waals surface area contributed by atoms with Crippen molar-refractivity contribution in [2.75, 3.05) is 6.61 Å². The van der Waals surface area contributed by atoms with Crippen molar-refractivity contribution in [2.24, 2.45) is 0 Å². The fourth-order valence-corrected chi connectivity index (χ4v) is 1.75. The summed E-state index contributed by atoms with van der Waals surface area (Å²) in [5, 5.41) is 0.552. The van der Waals surface area contributed by atoms with Gasteiger partial charge in [0.25, 0.3) is 5.91 Å². The average Bonchev–Trinajstić information content (AvgIpc) is 2.45. The van der Waals surface area contributed by atoms with E-state index < -0.39 is 17.8 Å². The van der Waals surface area contributed by atoms with Crippen LogP contribution in [0.4, 0.5) is 0 Å². The zero-order valence-electron chi connectivity index (χ0n) is 11.2. The van der Waals surface area contributed by atoms with Crippen molar-refractivity contribution in [1.29, 1.82) is 0 Å². The number of carbonyl (C=O) groups excluding carboxylic acids is 3. The highest BCUT2D eigenvalue weighted by Crippen LogP contribution is 2.20. The Morgan fingerprint density at radius 1 is 1.14 bits per heavy atom. The Bertz CT molecular complexity index is 549. The van der Waals surface area contributed by atoms with E-state index in [-0.39, 0.29) is 30.0 Å². The second kappa shape index (κ2) is 8.49. The number of rotatable bonds is 5. The van der Waals surface area contributed by atoms with Gasteiger partial charge in [0, 0.05) is 11.4 Å². The molecular formula is C13H14Cl2N2O4. The van der Waals surface area contributed by atoms with E-state index in [2.05, 4.69) is 15.6 Å². The lowest BCUT2D eigenvalue weighted by molar-refractivity contribution is -0.144.